The van der Waals surface area contributed by atoms with E-state index in [0.29, 0.717) is 23.8 Å². The Morgan fingerprint density at radius 2 is 2.28 bits per heavy atom. The fourth-order valence-corrected chi connectivity index (χ4v) is 1.90. The summed E-state index contributed by atoms with van der Waals surface area (Å²) < 4.78 is 19.0. The molecule has 96 valence electrons. The molecule has 6 heteroatoms. The number of benzene rings is 1. The third-order valence-electron chi connectivity index (χ3n) is 2.34. The van der Waals surface area contributed by atoms with Crippen LogP contribution in [0.25, 0.3) is 11.4 Å². The van der Waals surface area contributed by atoms with E-state index in [9.17, 15) is 4.39 Å². The minimum atomic E-state index is -0.330. The minimum Gasteiger partial charge on any atom is -0.338 e. The van der Waals surface area contributed by atoms with Crippen LogP contribution in [0.1, 0.15) is 19.2 Å². The monoisotopic (exact) mass is 313 g/mol. The Morgan fingerprint density at radius 3 is 3.06 bits per heavy atom. The van der Waals surface area contributed by atoms with Crippen molar-refractivity contribution in [2.24, 2.45) is 0 Å². The highest BCUT2D eigenvalue weighted by Crippen LogP contribution is 2.26. The summed E-state index contributed by atoms with van der Waals surface area (Å²) >= 11 is 3.34. The highest BCUT2D eigenvalue weighted by atomic mass is 79.9. The molecule has 1 N–H and O–H groups in total. The van der Waals surface area contributed by atoms with Gasteiger partial charge in [0, 0.05) is 10.0 Å². The van der Waals surface area contributed by atoms with E-state index in [0.717, 1.165) is 17.4 Å². The van der Waals surface area contributed by atoms with Crippen molar-refractivity contribution in [2.75, 3.05) is 6.54 Å². The molecule has 2 aromatic rings. The van der Waals surface area contributed by atoms with Crippen LogP contribution in [0.5, 0.6) is 0 Å². The topological polar surface area (TPSA) is 51.0 Å². The number of hydrogen-bond acceptors (Lipinski definition) is 4. The van der Waals surface area contributed by atoms with Gasteiger partial charge in [-0.1, -0.05) is 28.0 Å². The molecule has 0 amide bonds. The van der Waals surface area contributed by atoms with E-state index < -0.39 is 0 Å². The maximum atomic E-state index is 13.2. The molecular weight excluding hydrogens is 301 g/mol. The molecule has 1 aromatic heterocycles. The van der Waals surface area contributed by atoms with Gasteiger partial charge < -0.3 is 9.84 Å². The predicted octanol–water partition coefficient (Wildman–Crippen LogP) is 3.14. The number of nitrogens with zero attached hydrogens (tertiary/aromatic N) is 2. The van der Waals surface area contributed by atoms with E-state index in [-0.39, 0.29) is 5.82 Å². The minimum absolute atomic E-state index is 0.330. The second kappa shape index (κ2) is 6.06. The standard InChI is InChI=1S/C12H13BrFN3O/c1-2-5-15-7-11-16-12(17-18-11)9-6-8(14)3-4-10(9)13/h3-4,6,15H,2,5,7H2,1H3. The average molecular weight is 314 g/mol. The Kier molecular flexibility index (Phi) is 4.43. The van der Waals surface area contributed by atoms with Crippen molar-refractivity contribution in [1.82, 2.24) is 15.5 Å². The van der Waals surface area contributed by atoms with Crippen molar-refractivity contribution in [3.05, 3.63) is 34.4 Å². The Labute approximate surface area is 113 Å². The molecule has 0 saturated carbocycles. The summed E-state index contributed by atoms with van der Waals surface area (Å²) in [4.78, 5) is 4.22. The molecule has 0 radical (unpaired) electrons. The number of aromatic nitrogens is 2. The van der Waals surface area contributed by atoms with Gasteiger partial charge in [-0.05, 0) is 31.2 Å². The summed E-state index contributed by atoms with van der Waals surface area (Å²) in [6.07, 6.45) is 1.04. The van der Waals surface area contributed by atoms with Crippen LogP contribution in [0.4, 0.5) is 4.39 Å². The SMILES string of the molecule is CCCNCc1nc(-c2cc(F)ccc2Br)no1. The molecule has 0 bridgehead atoms. The zero-order valence-corrected chi connectivity index (χ0v) is 11.5. The van der Waals surface area contributed by atoms with Gasteiger partial charge >= 0.3 is 0 Å². The van der Waals surface area contributed by atoms with E-state index in [2.05, 4.69) is 38.3 Å². The van der Waals surface area contributed by atoms with Gasteiger partial charge in [-0.15, -0.1) is 0 Å². The molecule has 4 nitrogen and oxygen atoms in total. The highest BCUT2D eigenvalue weighted by molar-refractivity contribution is 9.10. The van der Waals surface area contributed by atoms with Crippen LogP contribution >= 0.6 is 15.9 Å². The molecule has 0 spiro atoms. The normalized spacial score (nSPS) is 10.8. The lowest BCUT2D eigenvalue weighted by atomic mass is 10.2. The van der Waals surface area contributed by atoms with Crippen molar-refractivity contribution in [3.63, 3.8) is 0 Å². The lowest BCUT2D eigenvalue weighted by Gasteiger charge is -1.98. The summed E-state index contributed by atoms with van der Waals surface area (Å²) in [5.41, 5.74) is 0.584. The van der Waals surface area contributed by atoms with Crippen LogP contribution in [0, 0.1) is 5.82 Å². The fourth-order valence-electron chi connectivity index (χ4n) is 1.48. The van der Waals surface area contributed by atoms with Crippen LogP contribution in [0.2, 0.25) is 0 Å². The van der Waals surface area contributed by atoms with Crippen molar-refractivity contribution in [1.29, 1.82) is 0 Å². The van der Waals surface area contributed by atoms with Crippen molar-refractivity contribution in [2.45, 2.75) is 19.9 Å². The Morgan fingerprint density at radius 1 is 1.44 bits per heavy atom. The van der Waals surface area contributed by atoms with E-state index >= 15 is 0 Å². The van der Waals surface area contributed by atoms with Crippen LogP contribution < -0.4 is 5.32 Å². The first kappa shape index (κ1) is 13.2. The second-order valence-corrected chi connectivity index (χ2v) is 4.67. The first-order valence-corrected chi connectivity index (χ1v) is 6.48. The first-order valence-electron chi connectivity index (χ1n) is 5.69. The van der Waals surface area contributed by atoms with Crippen LogP contribution in [0.15, 0.2) is 27.2 Å². The van der Waals surface area contributed by atoms with Gasteiger partial charge in [0.1, 0.15) is 5.82 Å². The quantitative estimate of drug-likeness (QED) is 0.862. The lowest BCUT2D eigenvalue weighted by Crippen LogP contribution is -2.13. The third kappa shape index (κ3) is 3.14. The molecule has 0 aliphatic rings. The number of rotatable bonds is 5. The number of nitrogens with one attached hydrogen (secondary N) is 1. The van der Waals surface area contributed by atoms with E-state index in [1.165, 1.54) is 12.1 Å². The first-order chi connectivity index (χ1) is 8.70. The molecule has 0 aliphatic carbocycles. The van der Waals surface area contributed by atoms with Crippen molar-refractivity contribution in [3.8, 4) is 11.4 Å². The van der Waals surface area contributed by atoms with Gasteiger partial charge in [0.05, 0.1) is 6.54 Å². The van der Waals surface area contributed by atoms with Gasteiger partial charge in [0.15, 0.2) is 0 Å². The Hall–Kier alpha value is -1.27. The Bertz CT molecular complexity index is 530. The van der Waals surface area contributed by atoms with Gasteiger partial charge in [0.2, 0.25) is 11.7 Å². The van der Waals surface area contributed by atoms with E-state index in [1.54, 1.807) is 6.07 Å². The summed E-state index contributed by atoms with van der Waals surface area (Å²) in [6, 6.07) is 4.37. The lowest BCUT2D eigenvalue weighted by molar-refractivity contribution is 0.368. The maximum absolute atomic E-state index is 13.2. The highest BCUT2D eigenvalue weighted by Gasteiger charge is 2.12. The summed E-state index contributed by atoms with van der Waals surface area (Å²) in [5, 5.41) is 7.00. The second-order valence-electron chi connectivity index (χ2n) is 3.81. The molecule has 0 aliphatic heterocycles. The number of halogens is 2. The third-order valence-corrected chi connectivity index (χ3v) is 3.03. The smallest absolute Gasteiger partial charge is 0.240 e. The van der Waals surface area contributed by atoms with Crippen LogP contribution in [-0.2, 0) is 6.54 Å². The summed E-state index contributed by atoms with van der Waals surface area (Å²) in [6.45, 7) is 3.49. The zero-order chi connectivity index (χ0) is 13.0. The predicted molar refractivity (Wildman–Crippen MR) is 69.4 cm³/mol. The molecule has 0 unspecified atom stereocenters. The molecule has 18 heavy (non-hydrogen) atoms. The molecule has 2 rings (SSSR count). The van der Waals surface area contributed by atoms with Gasteiger partial charge in [-0.25, -0.2) is 4.39 Å². The molecule has 1 aromatic carbocycles. The number of hydrogen-bond donors (Lipinski definition) is 1. The van der Waals surface area contributed by atoms with E-state index in [4.69, 9.17) is 4.52 Å². The molecular formula is C12H13BrFN3O. The molecule has 1 heterocycles. The Balaban J connectivity index is 2.16. The molecule has 0 fully saturated rings. The van der Waals surface area contributed by atoms with Crippen LogP contribution in [-0.4, -0.2) is 16.7 Å². The van der Waals surface area contributed by atoms with E-state index in [1.807, 2.05) is 0 Å². The summed E-state index contributed by atoms with van der Waals surface area (Å²) in [7, 11) is 0. The zero-order valence-electron chi connectivity index (χ0n) is 9.91. The van der Waals surface area contributed by atoms with Gasteiger partial charge in [0.25, 0.3) is 0 Å². The largest absolute Gasteiger partial charge is 0.338 e. The van der Waals surface area contributed by atoms with Crippen molar-refractivity contribution < 1.29 is 8.91 Å². The van der Waals surface area contributed by atoms with Crippen LogP contribution in [0.3, 0.4) is 0 Å². The maximum Gasteiger partial charge on any atom is 0.240 e. The van der Waals surface area contributed by atoms with Gasteiger partial charge in [-0.3, -0.25) is 0 Å². The van der Waals surface area contributed by atoms with Crippen molar-refractivity contribution >= 4 is 15.9 Å². The molecule has 0 atom stereocenters. The van der Waals surface area contributed by atoms with Gasteiger partial charge in [-0.2, -0.15) is 4.98 Å². The summed E-state index contributed by atoms with van der Waals surface area (Å²) in [5.74, 6) is 0.549. The average Bonchev–Trinajstić information content (AvgIpc) is 2.81. The fraction of sp³-hybridized carbons (Fsp3) is 0.333. The molecule has 0 saturated heterocycles.